The quantitative estimate of drug-likeness (QED) is 0.851. The highest BCUT2D eigenvalue weighted by Crippen LogP contribution is 2.35. The second-order valence-electron chi connectivity index (χ2n) is 5.39. The summed E-state index contributed by atoms with van der Waals surface area (Å²) in [6, 6.07) is 2.29. The van der Waals surface area contributed by atoms with Crippen LogP contribution in [0.3, 0.4) is 0 Å². The van der Waals surface area contributed by atoms with Gasteiger partial charge in [0.2, 0.25) is 0 Å². The van der Waals surface area contributed by atoms with Gasteiger partial charge in [0.25, 0.3) is 0 Å². The maximum Gasteiger partial charge on any atom is 0.337 e. The first kappa shape index (κ1) is 12.2. The topological polar surface area (TPSA) is 42.2 Å². The van der Waals surface area contributed by atoms with Gasteiger partial charge >= 0.3 is 5.97 Å². The molecule has 2 atom stereocenters. The molecule has 0 bridgehead atoms. The Morgan fingerprint density at radius 2 is 2.12 bits per heavy atom. The second kappa shape index (κ2) is 4.55. The third-order valence-electron chi connectivity index (χ3n) is 3.99. The van der Waals surface area contributed by atoms with Gasteiger partial charge in [-0.3, -0.25) is 0 Å². The van der Waals surface area contributed by atoms with Crippen LogP contribution in [0.25, 0.3) is 0 Å². The van der Waals surface area contributed by atoms with Gasteiger partial charge in [-0.2, -0.15) is 0 Å². The normalized spacial score (nSPS) is 24.9. The third-order valence-corrected chi connectivity index (χ3v) is 3.99. The Balaban J connectivity index is 2.34. The van der Waals surface area contributed by atoms with Gasteiger partial charge in [0.1, 0.15) is 0 Å². The standard InChI is InChI=1S/C14H21NO2/c1-9-5-4-6-12(7-9)15-10(2)8-13(11(15)3)14(16)17/h8-9,12H,4-7H2,1-3H3,(H,16,17). The Bertz CT molecular complexity index is 434. The molecule has 1 aromatic rings. The summed E-state index contributed by atoms with van der Waals surface area (Å²) in [5.74, 6) is -0.0589. The molecule has 17 heavy (non-hydrogen) atoms. The van der Waals surface area contributed by atoms with E-state index in [2.05, 4.69) is 11.5 Å². The van der Waals surface area contributed by atoms with Crippen LogP contribution in [0.5, 0.6) is 0 Å². The van der Waals surface area contributed by atoms with Crippen LogP contribution in [0.2, 0.25) is 0 Å². The summed E-state index contributed by atoms with van der Waals surface area (Å²) in [7, 11) is 0. The summed E-state index contributed by atoms with van der Waals surface area (Å²) in [5.41, 5.74) is 2.45. The molecule has 3 nitrogen and oxygen atoms in total. The molecular weight excluding hydrogens is 214 g/mol. The molecule has 1 heterocycles. The van der Waals surface area contributed by atoms with E-state index < -0.39 is 5.97 Å². The van der Waals surface area contributed by atoms with Crippen molar-refractivity contribution in [3.8, 4) is 0 Å². The smallest absolute Gasteiger partial charge is 0.337 e. The average Bonchev–Trinajstić information content (AvgIpc) is 2.54. The van der Waals surface area contributed by atoms with Gasteiger partial charge in [0.15, 0.2) is 0 Å². The lowest BCUT2D eigenvalue weighted by atomic mass is 9.86. The lowest BCUT2D eigenvalue weighted by Crippen LogP contribution is -2.19. The molecule has 0 aliphatic heterocycles. The summed E-state index contributed by atoms with van der Waals surface area (Å²) in [4.78, 5) is 11.1. The lowest BCUT2D eigenvalue weighted by Gasteiger charge is -2.30. The van der Waals surface area contributed by atoms with E-state index in [-0.39, 0.29) is 0 Å². The SMILES string of the molecule is Cc1cc(C(=O)O)c(C)n1C1CCCC(C)C1. The average molecular weight is 235 g/mol. The Kier molecular flexibility index (Phi) is 3.27. The first-order chi connectivity index (χ1) is 8.00. The number of aromatic nitrogens is 1. The minimum Gasteiger partial charge on any atom is -0.478 e. The molecule has 94 valence electrons. The van der Waals surface area contributed by atoms with Crippen molar-refractivity contribution in [1.29, 1.82) is 0 Å². The number of rotatable bonds is 2. The minimum atomic E-state index is -0.812. The van der Waals surface area contributed by atoms with Crippen LogP contribution in [-0.2, 0) is 0 Å². The molecule has 2 unspecified atom stereocenters. The van der Waals surface area contributed by atoms with E-state index in [4.69, 9.17) is 5.11 Å². The zero-order chi connectivity index (χ0) is 12.6. The maximum absolute atomic E-state index is 11.1. The monoisotopic (exact) mass is 235 g/mol. The van der Waals surface area contributed by atoms with Crippen LogP contribution >= 0.6 is 0 Å². The van der Waals surface area contributed by atoms with Gasteiger partial charge < -0.3 is 9.67 Å². The van der Waals surface area contributed by atoms with Crippen molar-refractivity contribution in [2.75, 3.05) is 0 Å². The zero-order valence-corrected chi connectivity index (χ0v) is 10.9. The molecule has 1 N–H and O–H groups in total. The predicted molar refractivity (Wildman–Crippen MR) is 67.5 cm³/mol. The van der Waals surface area contributed by atoms with Crippen LogP contribution in [0.4, 0.5) is 0 Å². The van der Waals surface area contributed by atoms with Crippen molar-refractivity contribution >= 4 is 5.97 Å². The fourth-order valence-electron chi connectivity index (χ4n) is 3.19. The van der Waals surface area contributed by atoms with E-state index in [1.54, 1.807) is 6.07 Å². The Morgan fingerprint density at radius 1 is 1.41 bits per heavy atom. The van der Waals surface area contributed by atoms with E-state index in [9.17, 15) is 4.79 Å². The summed E-state index contributed by atoms with van der Waals surface area (Å²) < 4.78 is 2.24. The number of carboxylic acids is 1. The van der Waals surface area contributed by atoms with Gasteiger partial charge in [-0.15, -0.1) is 0 Å². The highest BCUT2D eigenvalue weighted by atomic mass is 16.4. The summed E-state index contributed by atoms with van der Waals surface area (Å²) in [6.45, 7) is 6.23. The molecule has 1 aromatic heterocycles. The Labute approximate surface area is 102 Å². The first-order valence-corrected chi connectivity index (χ1v) is 6.42. The van der Waals surface area contributed by atoms with Crippen LogP contribution < -0.4 is 0 Å². The molecular formula is C14H21NO2. The molecule has 0 radical (unpaired) electrons. The van der Waals surface area contributed by atoms with E-state index in [0.29, 0.717) is 11.6 Å². The second-order valence-corrected chi connectivity index (χ2v) is 5.39. The van der Waals surface area contributed by atoms with Crippen LogP contribution in [0, 0.1) is 19.8 Å². The van der Waals surface area contributed by atoms with Crippen molar-refractivity contribution in [1.82, 2.24) is 4.57 Å². The highest BCUT2D eigenvalue weighted by Gasteiger charge is 2.24. The molecule has 2 rings (SSSR count). The number of aromatic carboxylic acids is 1. The molecule has 3 heteroatoms. The van der Waals surface area contributed by atoms with Crippen molar-refractivity contribution in [2.24, 2.45) is 5.92 Å². The molecule has 0 aromatic carbocycles. The number of aryl methyl sites for hydroxylation is 1. The fourth-order valence-corrected chi connectivity index (χ4v) is 3.19. The highest BCUT2D eigenvalue weighted by molar-refractivity contribution is 5.89. The van der Waals surface area contributed by atoms with E-state index >= 15 is 0 Å². The van der Waals surface area contributed by atoms with Gasteiger partial charge in [0.05, 0.1) is 5.56 Å². The lowest BCUT2D eigenvalue weighted by molar-refractivity contribution is 0.0696. The van der Waals surface area contributed by atoms with Crippen LogP contribution in [-0.4, -0.2) is 15.6 Å². The molecule has 1 aliphatic carbocycles. The van der Waals surface area contributed by atoms with Crippen molar-refractivity contribution in [2.45, 2.75) is 52.5 Å². The summed E-state index contributed by atoms with van der Waals surface area (Å²) in [5, 5.41) is 9.14. The van der Waals surface area contributed by atoms with Gasteiger partial charge in [0, 0.05) is 17.4 Å². The largest absolute Gasteiger partial charge is 0.478 e. The van der Waals surface area contributed by atoms with Crippen molar-refractivity contribution in [3.05, 3.63) is 23.0 Å². The van der Waals surface area contributed by atoms with Gasteiger partial charge in [-0.05, 0) is 38.7 Å². The van der Waals surface area contributed by atoms with E-state index in [1.165, 1.54) is 25.7 Å². The first-order valence-electron chi connectivity index (χ1n) is 6.42. The predicted octanol–water partition coefficient (Wildman–Crippen LogP) is 3.55. The van der Waals surface area contributed by atoms with E-state index in [0.717, 1.165) is 17.3 Å². The number of carbonyl (C=O) groups is 1. The molecule has 0 spiro atoms. The Morgan fingerprint density at radius 3 is 2.65 bits per heavy atom. The number of hydrogen-bond donors (Lipinski definition) is 1. The maximum atomic E-state index is 11.1. The third kappa shape index (κ3) is 2.24. The molecule has 1 fully saturated rings. The molecule has 1 aliphatic rings. The van der Waals surface area contributed by atoms with Crippen LogP contribution in [0.15, 0.2) is 6.07 Å². The van der Waals surface area contributed by atoms with Crippen LogP contribution in [0.1, 0.15) is 60.4 Å². The summed E-state index contributed by atoms with van der Waals surface area (Å²) >= 11 is 0. The number of nitrogens with zero attached hydrogens (tertiary/aromatic N) is 1. The van der Waals surface area contributed by atoms with E-state index in [1.807, 2.05) is 13.8 Å². The molecule has 1 saturated carbocycles. The summed E-state index contributed by atoms with van der Waals surface area (Å²) in [6.07, 6.45) is 4.92. The zero-order valence-electron chi connectivity index (χ0n) is 10.9. The van der Waals surface area contributed by atoms with Gasteiger partial charge in [-0.25, -0.2) is 4.79 Å². The molecule has 0 saturated heterocycles. The number of hydrogen-bond acceptors (Lipinski definition) is 1. The number of carboxylic acid groups (broad SMARTS) is 1. The molecule has 0 amide bonds. The fraction of sp³-hybridized carbons (Fsp3) is 0.643. The minimum absolute atomic E-state index is 0.459. The Hall–Kier alpha value is -1.25. The van der Waals surface area contributed by atoms with Gasteiger partial charge in [-0.1, -0.05) is 19.8 Å². The van der Waals surface area contributed by atoms with Crippen molar-refractivity contribution in [3.63, 3.8) is 0 Å². The van der Waals surface area contributed by atoms with Crippen molar-refractivity contribution < 1.29 is 9.90 Å².